The van der Waals surface area contributed by atoms with E-state index in [1.165, 1.54) is 6.08 Å². The van der Waals surface area contributed by atoms with E-state index in [1.807, 2.05) is 62.6 Å². The van der Waals surface area contributed by atoms with Crippen LogP contribution in [-0.2, 0) is 4.79 Å². The van der Waals surface area contributed by atoms with Gasteiger partial charge >= 0.3 is 0 Å². The van der Waals surface area contributed by atoms with Crippen LogP contribution in [0.2, 0.25) is 0 Å². The predicted molar refractivity (Wildman–Crippen MR) is 162 cm³/mol. The molecule has 0 atom stereocenters. The molecule has 200 valence electrons. The van der Waals surface area contributed by atoms with Gasteiger partial charge in [-0.05, 0) is 72.3 Å². The van der Waals surface area contributed by atoms with Crippen molar-refractivity contribution in [2.75, 3.05) is 38.8 Å². The summed E-state index contributed by atoms with van der Waals surface area (Å²) in [5.74, 6) is 1.08. The van der Waals surface area contributed by atoms with E-state index in [0.717, 1.165) is 28.4 Å². The van der Waals surface area contributed by atoms with Gasteiger partial charge in [0.25, 0.3) is 5.91 Å². The summed E-state index contributed by atoms with van der Waals surface area (Å²) in [6.45, 7) is 0. The number of carbonyl (C=O) groups is 2. The van der Waals surface area contributed by atoms with E-state index in [4.69, 9.17) is 0 Å². The van der Waals surface area contributed by atoms with Gasteiger partial charge in [-0.2, -0.15) is 0 Å². The molecule has 0 aliphatic rings. The van der Waals surface area contributed by atoms with E-state index >= 15 is 0 Å². The van der Waals surface area contributed by atoms with Crippen molar-refractivity contribution in [3.8, 4) is 0 Å². The fourth-order valence-corrected chi connectivity index (χ4v) is 3.50. The van der Waals surface area contributed by atoms with E-state index in [2.05, 4.69) is 31.3 Å². The van der Waals surface area contributed by atoms with E-state index < -0.39 is 0 Å². The third-order valence-corrected chi connectivity index (χ3v) is 5.36. The van der Waals surface area contributed by atoms with Gasteiger partial charge in [-0.1, -0.05) is 12.1 Å². The molecule has 0 aromatic heterocycles. The first-order chi connectivity index (χ1) is 17.5. The van der Waals surface area contributed by atoms with Crippen LogP contribution < -0.4 is 21.3 Å². The van der Waals surface area contributed by atoms with E-state index in [-0.39, 0.29) is 36.6 Å². The van der Waals surface area contributed by atoms with E-state index in [9.17, 15) is 9.59 Å². The molecule has 0 fully saturated rings. The fourth-order valence-electron chi connectivity index (χ4n) is 3.50. The van der Waals surface area contributed by atoms with Crippen molar-refractivity contribution in [3.63, 3.8) is 0 Å². The van der Waals surface area contributed by atoms with Crippen LogP contribution in [0.5, 0.6) is 0 Å². The first-order valence-corrected chi connectivity index (χ1v) is 11.4. The van der Waals surface area contributed by atoms with Crippen molar-refractivity contribution < 1.29 is 9.59 Å². The Labute approximate surface area is 235 Å². The summed E-state index contributed by atoms with van der Waals surface area (Å²) >= 11 is 0. The lowest BCUT2D eigenvalue weighted by Gasteiger charge is -2.08. The molecule has 0 heterocycles. The summed E-state index contributed by atoms with van der Waals surface area (Å²) in [6, 6.07) is 21.9. The number of rotatable bonds is 7. The average molecular weight is 556 g/mol. The normalized spacial score (nSPS) is 11.2. The Morgan fingerprint density at radius 2 is 1.05 bits per heavy atom. The standard InChI is InChI=1S/C28H30N6O2.2ClH/c1-29-26(30-2)20-10-14-23(15-11-20)33-25(35)18-7-19-5-8-22(9-6-19)28(36)34-24-16-12-21(13-17-24)27(31-3)32-4;;/h5-18H,1-4H3,(H,29,30)(H,31,32)(H,33,35)(H,34,36);2*1H. The Hall–Kier alpha value is -4.14. The van der Waals surface area contributed by atoms with Gasteiger partial charge in [-0.15, -0.1) is 24.8 Å². The van der Waals surface area contributed by atoms with Crippen molar-refractivity contribution in [2.24, 2.45) is 9.98 Å². The number of nitrogens with zero attached hydrogens (tertiary/aromatic N) is 2. The second kappa shape index (κ2) is 15.9. The van der Waals surface area contributed by atoms with Gasteiger partial charge in [0.1, 0.15) is 11.7 Å². The van der Waals surface area contributed by atoms with Crippen molar-refractivity contribution >= 4 is 65.8 Å². The zero-order chi connectivity index (χ0) is 25.9. The van der Waals surface area contributed by atoms with Gasteiger partial charge in [-0.25, -0.2) is 0 Å². The molecule has 0 saturated heterocycles. The second-order valence-electron chi connectivity index (χ2n) is 7.70. The maximum Gasteiger partial charge on any atom is 0.255 e. The van der Waals surface area contributed by atoms with Gasteiger partial charge in [0.05, 0.1) is 0 Å². The summed E-state index contributed by atoms with van der Waals surface area (Å²) in [5, 5.41) is 11.8. The van der Waals surface area contributed by atoms with Crippen LogP contribution in [0.4, 0.5) is 11.4 Å². The van der Waals surface area contributed by atoms with Gasteiger partial charge in [0.15, 0.2) is 0 Å². The monoisotopic (exact) mass is 554 g/mol. The molecule has 0 aliphatic carbocycles. The lowest BCUT2D eigenvalue weighted by Crippen LogP contribution is -2.19. The smallest absolute Gasteiger partial charge is 0.255 e. The summed E-state index contributed by atoms with van der Waals surface area (Å²) in [6.07, 6.45) is 3.15. The van der Waals surface area contributed by atoms with Crippen LogP contribution in [0.15, 0.2) is 88.9 Å². The topological polar surface area (TPSA) is 107 Å². The van der Waals surface area contributed by atoms with E-state index in [0.29, 0.717) is 16.9 Å². The minimum absolute atomic E-state index is 0. The van der Waals surface area contributed by atoms with Gasteiger partial charge in [-0.3, -0.25) is 19.6 Å². The van der Waals surface area contributed by atoms with Crippen molar-refractivity contribution in [2.45, 2.75) is 0 Å². The molecule has 8 nitrogen and oxygen atoms in total. The van der Waals surface area contributed by atoms with Crippen LogP contribution in [0.25, 0.3) is 6.08 Å². The van der Waals surface area contributed by atoms with Gasteiger partial charge in [0, 0.05) is 62.3 Å². The minimum atomic E-state index is -0.249. The third kappa shape index (κ3) is 8.76. The highest BCUT2D eigenvalue weighted by atomic mass is 35.5. The van der Waals surface area contributed by atoms with Gasteiger partial charge < -0.3 is 21.3 Å². The molecule has 3 aromatic rings. The molecule has 0 aliphatic heterocycles. The largest absolute Gasteiger partial charge is 0.373 e. The number of amidine groups is 2. The highest BCUT2D eigenvalue weighted by Gasteiger charge is 2.07. The molecular weight excluding hydrogens is 523 g/mol. The number of amides is 2. The molecule has 0 radical (unpaired) electrons. The number of benzene rings is 3. The molecule has 2 amide bonds. The molecule has 0 saturated carbocycles. The number of carbonyl (C=O) groups excluding carboxylic acids is 2. The number of halogens is 2. The lowest BCUT2D eigenvalue weighted by atomic mass is 10.1. The summed E-state index contributed by atoms with van der Waals surface area (Å²) < 4.78 is 0. The van der Waals surface area contributed by atoms with Crippen LogP contribution in [0.3, 0.4) is 0 Å². The highest BCUT2D eigenvalue weighted by molar-refractivity contribution is 6.05. The second-order valence-corrected chi connectivity index (χ2v) is 7.70. The van der Waals surface area contributed by atoms with Gasteiger partial charge in [0.2, 0.25) is 5.91 Å². The molecule has 0 bridgehead atoms. The molecule has 38 heavy (non-hydrogen) atoms. The summed E-state index contributed by atoms with van der Waals surface area (Å²) in [7, 11) is 7.05. The zero-order valence-corrected chi connectivity index (χ0v) is 23.2. The number of anilines is 2. The Bertz CT molecular complexity index is 1290. The molecule has 10 heteroatoms. The average Bonchev–Trinajstić information content (AvgIpc) is 2.91. The Kier molecular flexibility index (Phi) is 13.3. The first-order valence-electron chi connectivity index (χ1n) is 11.4. The predicted octanol–water partition coefficient (Wildman–Crippen LogP) is 4.63. The fraction of sp³-hybridized carbons (Fsp3) is 0.143. The Balaban J connectivity index is 0.00000361. The third-order valence-electron chi connectivity index (χ3n) is 5.36. The van der Waals surface area contributed by atoms with Crippen LogP contribution in [0, 0.1) is 0 Å². The Morgan fingerprint density at radius 1 is 0.632 bits per heavy atom. The summed E-state index contributed by atoms with van der Waals surface area (Å²) in [4.78, 5) is 33.2. The molecule has 3 aromatic carbocycles. The zero-order valence-electron chi connectivity index (χ0n) is 21.6. The van der Waals surface area contributed by atoms with Crippen LogP contribution >= 0.6 is 24.8 Å². The number of nitrogens with one attached hydrogen (secondary N) is 4. The first kappa shape index (κ1) is 31.9. The molecule has 3 rings (SSSR count). The van der Waals surface area contributed by atoms with Crippen LogP contribution in [0.1, 0.15) is 27.0 Å². The summed E-state index contributed by atoms with van der Waals surface area (Å²) in [5.41, 5.74) is 4.56. The van der Waals surface area contributed by atoms with Crippen molar-refractivity contribution in [1.29, 1.82) is 0 Å². The van der Waals surface area contributed by atoms with Crippen molar-refractivity contribution in [1.82, 2.24) is 10.6 Å². The molecule has 0 spiro atoms. The Morgan fingerprint density at radius 3 is 1.47 bits per heavy atom. The lowest BCUT2D eigenvalue weighted by molar-refractivity contribution is -0.111. The minimum Gasteiger partial charge on any atom is -0.373 e. The van der Waals surface area contributed by atoms with E-state index in [1.54, 1.807) is 44.4 Å². The maximum absolute atomic E-state index is 12.6. The number of hydrogen-bond donors (Lipinski definition) is 4. The molecular formula is C28H32Cl2N6O2. The highest BCUT2D eigenvalue weighted by Crippen LogP contribution is 2.14. The van der Waals surface area contributed by atoms with Crippen molar-refractivity contribution in [3.05, 3.63) is 101 Å². The SMILES string of the molecule is CN=C(NC)c1ccc(NC(=O)C=Cc2ccc(C(=O)Nc3ccc(C(=NC)NC)cc3)cc2)cc1.Cl.Cl. The molecule has 0 unspecified atom stereocenters. The van der Waals surface area contributed by atoms with Crippen LogP contribution in [-0.4, -0.2) is 51.7 Å². The maximum atomic E-state index is 12.6. The quantitative estimate of drug-likeness (QED) is 0.194. The molecule has 4 N–H and O–H groups in total. The number of hydrogen-bond acceptors (Lipinski definition) is 4. The number of aliphatic imine (C=N–C) groups is 2.